The first kappa shape index (κ1) is 15.9. The summed E-state index contributed by atoms with van der Waals surface area (Å²) in [5.74, 6) is 0.900. The van der Waals surface area contributed by atoms with Gasteiger partial charge in [-0.15, -0.1) is 0 Å². The van der Waals surface area contributed by atoms with Crippen LogP contribution in [0.15, 0.2) is 24.3 Å². The standard InChI is InChI=1S/C20H29ClN2/c21-18-10-5-4-9-17(18)15-23-14-13-22-12-6-11-19(22)20(23)16-7-2-1-3-8-16/h4-5,9-10,16,19-20H,1-3,6-8,11-15H2. The lowest BCUT2D eigenvalue weighted by atomic mass is 9.78. The van der Waals surface area contributed by atoms with Crippen LogP contribution in [0.1, 0.15) is 50.5 Å². The fraction of sp³-hybridized carbons (Fsp3) is 0.700. The van der Waals surface area contributed by atoms with Crippen LogP contribution in [0.3, 0.4) is 0 Å². The molecule has 1 aliphatic carbocycles. The van der Waals surface area contributed by atoms with Gasteiger partial charge in [0, 0.05) is 36.7 Å². The summed E-state index contributed by atoms with van der Waals surface area (Å²) < 4.78 is 0. The highest BCUT2D eigenvalue weighted by atomic mass is 35.5. The molecular formula is C20H29ClN2. The predicted molar refractivity (Wildman–Crippen MR) is 96.8 cm³/mol. The van der Waals surface area contributed by atoms with E-state index in [0.717, 1.165) is 29.6 Å². The van der Waals surface area contributed by atoms with E-state index < -0.39 is 0 Å². The Morgan fingerprint density at radius 2 is 1.74 bits per heavy atom. The van der Waals surface area contributed by atoms with Gasteiger partial charge in [0.15, 0.2) is 0 Å². The van der Waals surface area contributed by atoms with Crippen LogP contribution in [0, 0.1) is 5.92 Å². The molecule has 1 aromatic rings. The van der Waals surface area contributed by atoms with Gasteiger partial charge in [-0.05, 0) is 49.8 Å². The quantitative estimate of drug-likeness (QED) is 0.800. The molecular weight excluding hydrogens is 304 g/mol. The zero-order valence-corrected chi connectivity index (χ0v) is 14.8. The minimum absolute atomic E-state index is 0.753. The first-order chi connectivity index (χ1) is 11.3. The molecule has 0 radical (unpaired) electrons. The zero-order chi connectivity index (χ0) is 15.6. The molecule has 2 unspecified atom stereocenters. The van der Waals surface area contributed by atoms with E-state index in [-0.39, 0.29) is 0 Å². The number of rotatable bonds is 3. The molecule has 1 aromatic carbocycles. The number of halogens is 1. The maximum absolute atomic E-state index is 6.45. The average molecular weight is 333 g/mol. The normalized spacial score (nSPS) is 30.5. The Morgan fingerprint density at radius 1 is 0.913 bits per heavy atom. The highest BCUT2D eigenvalue weighted by Gasteiger charge is 2.42. The molecule has 2 heterocycles. The molecule has 1 saturated carbocycles. The topological polar surface area (TPSA) is 6.48 Å². The van der Waals surface area contributed by atoms with Gasteiger partial charge < -0.3 is 0 Å². The van der Waals surface area contributed by atoms with Gasteiger partial charge in [0.1, 0.15) is 0 Å². The van der Waals surface area contributed by atoms with Crippen LogP contribution < -0.4 is 0 Å². The molecule has 126 valence electrons. The minimum Gasteiger partial charge on any atom is -0.298 e. The Morgan fingerprint density at radius 3 is 2.57 bits per heavy atom. The number of hydrogen-bond donors (Lipinski definition) is 0. The molecule has 0 bridgehead atoms. The summed E-state index contributed by atoms with van der Waals surface area (Å²) in [4.78, 5) is 5.56. The van der Waals surface area contributed by atoms with Gasteiger partial charge in [0.2, 0.25) is 0 Å². The lowest BCUT2D eigenvalue weighted by Gasteiger charge is -2.49. The van der Waals surface area contributed by atoms with E-state index in [0.29, 0.717) is 0 Å². The monoisotopic (exact) mass is 332 g/mol. The Bertz CT molecular complexity index is 526. The molecule has 3 aliphatic rings. The van der Waals surface area contributed by atoms with Gasteiger partial charge in [-0.2, -0.15) is 0 Å². The lowest BCUT2D eigenvalue weighted by molar-refractivity contribution is -0.00378. The summed E-state index contributed by atoms with van der Waals surface area (Å²) in [7, 11) is 0. The summed E-state index contributed by atoms with van der Waals surface area (Å²) in [6, 6.07) is 9.97. The fourth-order valence-corrected chi connectivity index (χ4v) is 5.48. The van der Waals surface area contributed by atoms with Crippen molar-refractivity contribution in [1.82, 2.24) is 9.80 Å². The first-order valence-corrected chi connectivity index (χ1v) is 9.92. The third-order valence-corrected chi connectivity index (χ3v) is 6.74. The molecule has 0 amide bonds. The number of benzene rings is 1. The predicted octanol–water partition coefficient (Wildman–Crippen LogP) is 4.57. The van der Waals surface area contributed by atoms with E-state index in [4.69, 9.17) is 11.6 Å². The Labute approximate surface area is 145 Å². The van der Waals surface area contributed by atoms with E-state index in [2.05, 4.69) is 21.9 Å². The summed E-state index contributed by atoms with van der Waals surface area (Å²) in [6.07, 6.45) is 10.00. The van der Waals surface area contributed by atoms with Crippen LogP contribution in [0.5, 0.6) is 0 Å². The number of hydrogen-bond acceptors (Lipinski definition) is 2. The van der Waals surface area contributed by atoms with Crippen LogP contribution in [0.2, 0.25) is 5.02 Å². The Hall–Kier alpha value is -0.570. The van der Waals surface area contributed by atoms with E-state index in [1.807, 2.05) is 12.1 Å². The third kappa shape index (κ3) is 3.31. The van der Waals surface area contributed by atoms with Crippen LogP contribution in [-0.4, -0.2) is 41.5 Å². The summed E-state index contributed by atoms with van der Waals surface area (Å²) in [6.45, 7) is 4.82. The van der Waals surface area contributed by atoms with E-state index >= 15 is 0 Å². The zero-order valence-electron chi connectivity index (χ0n) is 14.1. The van der Waals surface area contributed by atoms with Gasteiger partial charge in [0.05, 0.1) is 0 Å². The second kappa shape index (κ2) is 7.13. The number of nitrogens with zero attached hydrogens (tertiary/aromatic N) is 2. The van der Waals surface area contributed by atoms with Crippen LogP contribution in [-0.2, 0) is 6.54 Å². The van der Waals surface area contributed by atoms with Crippen molar-refractivity contribution in [2.24, 2.45) is 5.92 Å². The van der Waals surface area contributed by atoms with Crippen LogP contribution in [0.4, 0.5) is 0 Å². The number of fused-ring (bicyclic) bond motifs is 1. The summed E-state index contributed by atoms with van der Waals surface area (Å²) in [5, 5.41) is 0.934. The van der Waals surface area contributed by atoms with Gasteiger partial charge in [-0.25, -0.2) is 0 Å². The Balaban J connectivity index is 1.56. The molecule has 2 atom stereocenters. The second-order valence-electron chi connectivity index (χ2n) is 7.70. The van der Waals surface area contributed by atoms with Gasteiger partial charge in [-0.3, -0.25) is 9.80 Å². The molecule has 23 heavy (non-hydrogen) atoms. The average Bonchev–Trinajstić information content (AvgIpc) is 3.06. The molecule has 2 saturated heterocycles. The molecule has 0 aromatic heterocycles. The minimum atomic E-state index is 0.753. The van der Waals surface area contributed by atoms with Crippen molar-refractivity contribution in [3.05, 3.63) is 34.9 Å². The van der Waals surface area contributed by atoms with Gasteiger partial charge in [-0.1, -0.05) is 49.1 Å². The van der Waals surface area contributed by atoms with Crippen molar-refractivity contribution >= 4 is 11.6 Å². The van der Waals surface area contributed by atoms with Crippen molar-refractivity contribution in [3.63, 3.8) is 0 Å². The molecule has 2 aliphatic heterocycles. The fourth-order valence-electron chi connectivity index (χ4n) is 5.28. The SMILES string of the molecule is Clc1ccccc1CN1CCN2CCCC2C1C1CCCCC1. The largest absolute Gasteiger partial charge is 0.298 e. The van der Waals surface area contributed by atoms with Gasteiger partial charge in [0.25, 0.3) is 0 Å². The molecule has 0 N–H and O–H groups in total. The second-order valence-corrected chi connectivity index (χ2v) is 8.10. The molecule has 3 fully saturated rings. The smallest absolute Gasteiger partial charge is 0.0451 e. The van der Waals surface area contributed by atoms with Crippen molar-refractivity contribution in [2.75, 3.05) is 19.6 Å². The maximum atomic E-state index is 6.45. The number of piperazine rings is 1. The molecule has 0 spiro atoms. The van der Waals surface area contributed by atoms with E-state index in [1.165, 1.54) is 70.1 Å². The van der Waals surface area contributed by atoms with Crippen molar-refractivity contribution < 1.29 is 0 Å². The summed E-state index contributed by atoms with van der Waals surface area (Å²) >= 11 is 6.45. The van der Waals surface area contributed by atoms with E-state index in [1.54, 1.807) is 0 Å². The van der Waals surface area contributed by atoms with Crippen molar-refractivity contribution in [3.8, 4) is 0 Å². The van der Waals surface area contributed by atoms with Crippen molar-refractivity contribution in [1.29, 1.82) is 0 Å². The Kier molecular flexibility index (Phi) is 4.93. The van der Waals surface area contributed by atoms with Gasteiger partial charge >= 0.3 is 0 Å². The summed E-state index contributed by atoms with van der Waals surface area (Å²) in [5.41, 5.74) is 1.31. The molecule has 3 heteroatoms. The maximum Gasteiger partial charge on any atom is 0.0451 e. The molecule has 2 nitrogen and oxygen atoms in total. The highest BCUT2D eigenvalue weighted by Crippen LogP contribution is 2.38. The highest BCUT2D eigenvalue weighted by molar-refractivity contribution is 6.31. The third-order valence-electron chi connectivity index (χ3n) is 6.37. The first-order valence-electron chi connectivity index (χ1n) is 9.54. The van der Waals surface area contributed by atoms with E-state index in [9.17, 15) is 0 Å². The lowest BCUT2D eigenvalue weighted by Crippen LogP contribution is -2.59. The molecule has 4 rings (SSSR count). The van der Waals surface area contributed by atoms with Crippen LogP contribution >= 0.6 is 11.6 Å². The van der Waals surface area contributed by atoms with Crippen LogP contribution in [0.25, 0.3) is 0 Å². The van der Waals surface area contributed by atoms with Crippen molar-refractivity contribution in [2.45, 2.75) is 63.6 Å².